The highest BCUT2D eigenvalue weighted by Crippen LogP contribution is 2.46. The summed E-state index contributed by atoms with van der Waals surface area (Å²) in [7, 11) is 0. The molecule has 1 unspecified atom stereocenters. The number of amides is 1. The van der Waals surface area contributed by atoms with E-state index >= 15 is 0 Å². The molecule has 0 N–H and O–H groups in total. The van der Waals surface area contributed by atoms with Crippen molar-refractivity contribution in [3.05, 3.63) is 65.4 Å². The van der Waals surface area contributed by atoms with Gasteiger partial charge in [0, 0.05) is 60.8 Å². The van der Waals surface area contributed by atoms with E-state index in [0.717, 1.165) is 48.0 Å². The first-order valence-electron chi connectivity index (χ1n) is 11.0. The molecule has 5 nitrogen and oxygen atoms in total. The van der Waals surface area contributed by atoms with Gasteiger partial charge in [-0.15, -0.1) is 0 Å². The molecule has 1 fully saturated rings. The van der Waals surface area contributed by atoms with Gasteiger partial charge in [0.2, 0.25) is 5.91 Å². The van der Waals surface area contributed by atoms with Crippen molar-refractivity contribution < 1.29 is 4.79 Å². The highest BCUT2D eigenvalue weighted by molar-refractivity contribution is 5.94. The first-order chi connectivity index (χ1) is 14.7. The summed E-state index contributed by atoms with van der Waals surface area (Å²) in [5.74, 6) is 1.71. The number of carbonyl (C=O) groups excluding carboxylic acids is 1. The lowest BCUT2D eigenvalue weighted by atomic mass is 9.98. The van der Waals surface area contributed by atoms with Crippen LogP contribution < -0.4 is 0 Å². The molecule has 6 rings (SSSR count). The van der Waals surface area contributed by atoms with Gasteiger partial charge >= 0.3 is 0 Å². The SMILES string of the molecule is CC(=O)N1CCc2c(c(-c3ccnc4ccccc34)nn2C2CC[C]3C=C3CC2)C1. The van der Waals surface area contributed by atoms with Crippen LogP contribution in [0, 0.1) is 5.92 Å². The van der Waals surface area contributed by atoms with Crippen molar-refractivity contribution in [3.63, 3.8) is 0 Å². The monoisotopic (exact) mass is 397 g/mol. The van der Waals surface area contributed by atoms with E-state index in [4.69, 9.17) is 5.10 Å². The van der Waals surface area contributed by atoms with Crippen molar-refractivity contribution in [3.8, 4) is 11.3 Å². The number of aromatic nitrogens is 3. The van der Waals surface area contributed by atoms with Crippen LogP contribution in [0.1, 0.15) is 49.9 Å². The summed E-state index contributed by atoms with van der Waals surface area (Å²) in [6.45, 7) is 3.09. The van der Waals surface area contributed by atoms with Gasteiger partial charge in [-0.25, -0.2) is 0 Å². The third-order valence-electron chi connectivity index (χ3n) is 6.95. The fourth-order valence-electron chi connectivity index (χ4n) is 5.21. The Bertz CT molecular complexity index is 1190. The highest BCUT2D eigenvalue weighted by atomic mass is 16.2. The highest BCUT2D eigenvalue weighted by Gasteiger charge is 2.34. The molecule has 1 radical (unpaired) electrons. The topological polar surface area (TPSA) is 51.0 Å². The zero-order valence-corrected chi connectivity index (χ0v) is 17.3. The van der Waals surface area contributed by atoms with Crippen LogP contribution in [0.15, 0.2) is 48.2 Å². The molecule has 3 aromatic rings. The van der Waals surface area contributed by atoms with Gasteiger partial charge in [-0.05, 0) is 37.8 Å². The predicted molar refractivity (Wildman–Crippen MR) is 117 cm³/mol. The van der Waals surface area contributed by atoms with Crippen LogP contribution in [0.25, 0.3) is 22.2 Å². The lowest BCUT2D eigenvalue weighted by Gasteiger charge is -2.28. The molecule has 5 heteroatoms. The van der Waals surface area contributed by atoms with E-state index in [0.29, 0.717) is 12.6 Å². The summed E-state index contributed by atoms with van der Waals surface area (Å²) >= 11 is 0. The Hall–Kier alpha value is -2.95. The van der Waals surface area contributed by atoms with Crippen LogP contribution in [0.2, 0.25) is 0 Å². The molecule has 151 valence electrons. The number of carbonyl (C=O) groups is 1. The molecule has 2 aromatic heterocycles. The molecule has 1 aliphatic heterocycles. The number of rotatable bonds is 2. The van der Waals surface area contributed by atoms with Crippen LogP contribution in [-0.2, 0) is 17.8 Å². The van der Waals surface area contributed by atoms with E-state index in [1.54, 1.807) is 18.4 Å². The molecule has 2 aliphatic carbocycles. The summed E-state index contributed by atoms with van der Waals surface area (Å²) in [5, 5.41) is 6.35. The van der Waals surface area contributed by atoms with Crippen LogP contribution in [0.5, 0.6) is 0 Å². The molecule has 1 saturated carbocycles. The number of pyridine rings is 1. The Labute approximate surface area is 176 Å². The molecular formula is C25H25N4O. The van der Waals surface area contributed by atoms with E-state index < -0.39 is 0 Å². The number of benzene rings is 1. The maximum Gasteiger partial charge on any atom is 0.219 e. The third-order valence-corrected chi connectivity index (χ3v) is 6.95. The first kappa shape index (κ1) is 17.9. The van der Waals surface area contributed by atoms with Crippen molar-refractivity contribution in [2.75, 3.05) is 6.54 Å². The van der Waals surface area contributed by atoms with Crippen LogP contribution in [0.4, 0.5) is 0 Å². The van der Waals surface area contributed by atoms with Gasteiger partial charge in [0.25, 0.3) is 0 Å². The Balaban J connectivity index is 1.49. The van der Waals surface area contributed by atoms with E-state index in [1.807, 2.05) is 23.2 Å². The average molecular weight is 398 g/mol. The second-order valence-corrected chi connectivity index (χ2v) is 8.71. The fraction of sp³-hybridized carbons (Fsp3) is 0.360. The maximum atomic E-state index is 12.1. The van der Waals surface area contributed by atoms with E-state index in [-0.39, 0.29) is 5.91 Å². The van der Waals surface area contributed by atoms with E-state index in [2.05, 4.69) is 33.9 Å². The predicted octanol–water partition coefficient (Wildman–Crippen LogP) is 4.63. The third kappa shape index (κ3) is 2.87. The van der Waals surface area contributed by atoms with Crippen molar-refractivity contribution in [2.45, 2.75) is 51.6 Å². The van der Waals surface area contributed by atoms with Crippen molar-refractivity contribution in [1.82, 2.24) is 19.7 Å². The van der Waals surface area contributed by atoms with Gasteiger partial charge in [-0.2, -0.15) is 5.10 Å². The van der Waals surface area contributed by atoms with Crippen LogP contribution in [-0.4, -0.2) is 32.1 Å². The van der Waals surface area contributed by atoms with Gasteiger partial charge in [0.1, 0.15) is 0 Å². The van der Waals surface area contributed by atoms with Gasteiger partial charge in [-0.1, -0.05) is 29.8 Å². The lowest BCUT2D eigenvalue weighted by molar-refractivity contribution is -0.129. The minimum atomic E-state index is 0.136. The van der Waals surface area contributed by atoms with Crippen LogP contribution >= 0.6 is 0 Å². The van der Waals surface area contributed by atoms with Gasteiger partial charge in [0.05, 0.1) is 17.3 Å². The lowest BCUT2D eigenvalue weighted by Crippen LogP contribution is -2.35. The number of nitrogens with zero attached hydrogens (tertiary/aromatic N) is 4. The molecule has 1 amide bonds. The second kappa shape index (κ2) is 6.79. The summed E-state index contributed by atoms with van der Waals surface area (Å²) in [6.07, 6.45) is 9.74. The van der Waals surface area contributed by atoms with Gasteiger partial charge in [0.15, 0.2) is 0 Å². The molecule has 0 bridgehead atoms. The largest absolute Gasteiger partial charge is 0.338 e. The first-order valence-corrected chi connectivity index (χ1v) is 11.0. The van der Waals surface area contributed by atoms with Crippen LogP contribution in [0.3, 0.4) is 0 Å². The van der Waals surface area contributed by atoms with Crippen molar-refractivity contribution in [1.29, 1.82) is 0 Å². The van der Waals surface area contributed by atoms with E-state index in [9.17, 15) is 4.79 Å². The number of fused-ring (bicyclic) bond motifs is 3. The minimum absolute atomic E-state index is 0.136. The summed E-state index contributed by atoms with van der Waals surface area (Å²) in [6, 6.07) is 10.8. The molecule has 3 heterocycles. The maximum absolute atomic E-state index is 12.1. The quantitative estimate of drug-likeness (QED) is 0.633. The average Bonchev–Trinajstić information content (AvgIpc) is 3.46. The Morgan fingerprint density at radius 2 is 1.97 bits per heavy atom. The zero-order valence-electron chi connectivity index (χ0n) is 17.3. The minimum Gasteiger partial charge on any atom is -0.338 e. The fourth-order valence-corrected chi connectivity index (χ4v) is 5.21. The summed E-state index contributed by atoms with van der Waals surface area (Å²) in [5.41, 5.74) is 7.24. The van der Waals surface area contributed by atoms with Gasteiger partial charge < -0.3 is 4.90 Å². The normalized spacial score (nSPS) is 21.0. The molecule has 30 heavy (non-hydrogen) atoms. The molecule has 0 spiro atoms. The number of hydrogen-bond donors (Lipinski definition) is 0. The molecule has 0 saturated heterocycles. The molecular weight excluding hydrogens is 372 g/mol. The molecule has 1 aromatic carbocycles. The van der Waals surface area contributed by atoms with Crippen molar-refractivity contribution in [2.24, 2.45) is 0 Å². The van der Waals surface area contributed by atoms with Gasteiger partial charge in [-0.3, -0.25) is 14.5 Å². The van der Waals surface area contributed by atoms with Crippen molar-refractivity contribution >= 4 is 16.8 Å². The Morgan fingerprint density at radius 1 is 1.10 bits per heavy atom. The number of hydrogen-bond acceptors (Lipinski definition) is 3. The van der Waals surface area contributed by atoms with E-state index in [1.165, 1.54) is 24.1 Å². The summed E-state index contributed by atoms with van der Waals surface area (Å²) in [4.78, 5) is 18.6. The zero-order chi connectivity index (χ0) is 20.2. The Kier molecular flexibility index (Phi) is 4.05. The molecule has 1 atom stereocenters. The number of para-hydroxylation sites is 1. The smallest absolute Gasteiger partial charge is 0.219 e. The summed E-state index contributed by atoms with van der Waals surface area (Å²) < 4.78 is 2.32. The standard InChI is InChI=1S/C25H25N4O/c1-16(30)28-13-11-24-22(15-28)25(21-10-12-26-23-5-3-2-4-20(21)23)27-29(24)19-8-6-17-14-18(17)7-9-19/h2-5,10,12,14,19H,6-9,11,13,15H2,1H3. The number of allylic oxidation sites excluding steroid dienone is 2. The molecule has 3 aliphatic rings. The Morgan fingerprint density at radius 3 is 2.87 bits per heavy atom. The second-order valence-electron chi connectivity index (χ2n) is 8.71.